The third kappa shape index (κ3) is 2.63. The van der Waals surface area contributed by atoms with Gasteiger partial charge in [-0.2, -0.15) is 0 Å². The van der Waals surface area contributed by atoms with Crippen molar-refractivity contribution in [2.24, 2.45) is 0 Å². The number of hydrogen-bond donors (Lipinski definition) is 3. The first-order valence-electron chi connectivity index (χ1n) is 5.40. The fraction of sp³-hybridized carbons (Fsp3) is 0.154. The number of benzene rings is 1. The lowest BCUT2D eigenvalue weighted by molar-refractivity contribution is 0.0696. The Hall–Kier alpha value is -2.43. The Morgan fingerprint density at radius 3 is 2.78 bits per heavy atom. The monoisotopic (exact) mass is 247 g/mol. The molecule has 0 spiro atoms. The molecular formula is C13H13NO4. The first kappa shape index (κ1) is 12.0. The van der Waals surface area contributed by atoms with Crippen LogP contribution in [0.15, 0.2) is 34.9 Å². The van der Waals surface area contributed by atoms with Gasteiger partial charge in [0.2, 0.25) is 0 Å². The van der Waals surface area contributed by atoms with Crippen LogP contribution < -0.4 is 5.32 Å². The smallest absolute Gasteiger partial charge is 0.338 e. The van der Waals surface area contributed by atoms with Crippen molar-refractivity contribution in [3.05, 3.63) is 47.4 Å². The molecule has 0 atom stereocenters. The summed E-state index contributed by atoms with van der Waals surface area (Å²) in [4.78, 5) is 10.7. The van der Waals surface area contributed by atoms with E-state index in [4.69, 9.17) is 9.52 Å². The van der Waals surface area contributed by atoms with Crippen LogP contribution in [-0.4, -0.2) is 16.2 Å². The van der Waals surface area contributed by atoms with E-state index >= 15 is 0 Å². The summed E-state index contributed by atoms with van der Waals surface area (Å²) >= 11 is 0. The maximum absolute atomic E-state index is 10.7. The van der Waals surface area contributed by atoms with E-state index in [0.717, 1.165) is 11.3 Å². The van der Waals surface area contributed by atoms with Gasteiger partial charge < -0.3 is 19.9 Å². The van der Waals surface area contributed by atoms with Crippen LogP contribution in [0.25, 0.3) is 0 Å². The maximum Gasteiger partial charge on any atom is 0.338 e. The molecule has 5 heteroatoms. The average Bonchev–Trinajstić information content (AvgIpc) is 2.76. The molecule has 1 aromatic heterocycles. The van der Waals surface area contributed by atoms with Gasteiger partial charge in [0.25, 0.3) is 0 Å². The van der Waals surface area contributed by atoms with Crippen molar-refractivity contribution in [3.8, 4) is 5.75 Å². The summed E-state index contributed by atoms with van der Waals surface area (Å²) in [7, 11) is 0. The van der Waals surface area contributed by atoms with Gasteiger partial charge in [-0.05, 0) is 36.8 Å². The second-order valence-electron chi connectivity index (χ2n) is 3.96. The van der Waals surface area contributed by atoms with Gasteiger partial charge in [0.05, 0.1) is 12.1 Å². The number of carboxylic acid groups (broad SMARTS) is 1. The van der Waals surface area contributed by atoms with Crippen LogP contribution in [0.1, 0.15) is 21.7 Å². The number of furan rings is 1. The fourth-order valence-electron chi connectivity index (χ4n) is 1.61. The molecule has 0 saturated carbocycles. The number of phenolic OH excluding ortho intramolecular Hbond substituents is 1. The highest BCUT2D eigenvalue weighted by Gasteiger charge is 2.08. The Morgan fingerprint density at radius 1 is 1.39 bits per heavy atom. The molecule has 0 bridgehead atoms. The molecule has 5 nitrogen and oxygen atoms in total. The molecule has 18 heavy (non-hydrogen) atoms. The molecular weight excluding hydrogens is 234 g/mol. The van der Waals surface area contributed by atoms with Crippen LogP contribution in [0.5, 0.6) is 5.75 Å². The minimum atomic E-state index is -1.01. The van der Waals surface area contributed by atoms with Crippen LogP contribution >= 0.6 is 0 Å². The van der Waals surface area contributed by atoms with Gasteiger partial charge in [-0.1, -0.05) is 0 Å². The van der Waals surface area contributed by atoms with Crippen molar-refractivity contribution >= 4 is 11.7 Å². The van der Waals surface area contributed by atoms with Gasteiger partial charge in [-0.15, -0.1) is 0 Å². The minimum absolute atomic E-state index is 0.134. The van der Waals surface area contributed by atoms with Crippen molar-refractivity contribution in [2.75, 3.05) is 5.32 Å². The zero-order chi connectivity index (χ0) is 13.1. The van der Waals surface area contributed by atoms with E-state index < -0.39 is 5.97 Å². The third-order valence-corrected chi connectivity index (χ3v) is 2.56. The van der Waals surface area contributed by atoms with Gasteiger partial charge in [0.1, 0.15) is 17.8 Å². The van der Waals surface area contributed by atoms with E-state index in [1.165, 1.54) is 12.3 Å². The third-order valence-electron chi connectivity index (χ3n) is 2.56. The van der Waals surface area contributed by atoms with Crippen molar-refractivity contribution in [1.29, 1.82) is 0 Å². The second-order valence-corrected chi connectivity index (χ2v) is 3.96. The number of aromatic carboxylic acids is 1. The average molecular weight is 247 g/mol. The van der Waals surface area contributed by atoms with Gasteiger partial charge in [-0.25, -0.2) is 4.79 Å². The van der Waals surface area contributed by atoms with Crippen LogP contribution in [-0.2, 0) is 6.54 Å². The van der Waals surface area contributed by atoms with Crippen LogP contribution in [0, 0.1) is 6.92 Å². The molecule has 0 radical (unpaired) electrons. The molecule has 0 unspecified atom stereocenters. The lowest BCUT2D eigenvalue weighted by Gasteiger charge is -2.08. The first-order valence-corrected chi connectivity index (χ1v) is 5.40. The minimum Gasteiger partial charge on any atom is -0.508 e. The van der Waals surface area contributed by atoms with Crippen molar-refractivity contribution in [2.45, 2.75) is 13.5 Å². The molecule has 0 saturated heterocycles. The summed E-state index contributed by atoms with van der Waals surface area (Å²) in [6.45, 7) is 2.26. The quantitative estimate of drug-likeness (QED) is 0.723. The normalized spacial score (nSPS) is 10.3. The molecule has 94 valence electrons. The number of aryl methyl sites for hydroxylation is 1. The number of phenols is 1. The Bertz CT molecular complexity index is 574. The molecule has 0 aliphatic rings. The topological polar surface area (TPSA) is 82.7 Å². The number of nitrogens with one attached hydrogen (secondary N) is 1. The zero-order valence-electron chi connectivity index (χ0n) is 9.80. The summed E-state index contributed by atoms with van der Waals surface area (Å²) in [6.07, 6.45) is 1.21. The Labute approximate surface area is 104 Å². The highest BCUT2D eigenvalue weighted by Crippen LogP contribution is 2.21. The Morgan fingerprint density at radius 2 is 2.17 bits per heavy atom. The summed E-state index contributed by atoms with van der Waals surface area (Å²) in [6, 6.07) is 6.46. The number of carbonyl (C=O) groups is 1. The predicted molar refractivity (Wildman–Crippen MR) is 65.8 cm³/mol. The molecule has 0 amide bonds. The molecule has 3 N–H and O–H groups in total. The molecule has 0 aliphatic carbocycles. The van der Waals surface area contributed by atoms with Gasteiger partial charge in [-0.3, -0.25) is 0 Å². The molecule has 2 rings (SSSR count). The Kier molecular flexibility index (Phi) is 3.23. The predicted octanol–water partition coefficient (Wildman–Crippen LogP) is 2.60. The zero-order valence-corrected chi connectivity index (χ0v) is 9.80. The number of carboxylic acids is 1. The summed E-state index contributed by atoms with van der Waals surface area (Å²) in [5, 5.41) is 21.1. The lowest BCUT2D eigenvalue weighted by Crippen LogP contribution is -2.00. The number of anilines is 1. The highest BCUT2D eigenvalue weighted by molar-refractivity contribution is 5.87. The lowest BCUT2D eigenvalue weighted by atomic mass is 10.2. The summed E-state index contributed by atoms with van der Waals surface area (Å²) in [5.74, 6) is -0.255. The van der Waals surface area contributed by atoms with E-state index in [2.05, 4.69) is 5.32 Å². The standard InChI is InChI=1S/C13H13NO4/c1-8-4-10(15)2-3-12(8)14-6-11-5-9(7-18-11)13(16)17/h2-5,7,14-15H,6H2,1H3,(H,16,17). The highest BCUT2D eigenvalue weighted by atomic mass is 16.4. The van der Waals surface area contributed by atoms with Gasteiger partial charge in [0.15, 0.2) is 0 Å². The SMILES string of the molecule is Cc1cc(O)ccc1NCc1cc(C(=O)O)co1. The molecule has 1 heterocycles. The maximum atomic E-state index is 10.7. The van der Waals surface area contributed by atoms with Crippen LogP contribution in [0.4, 0.5) is 5.69 Å². The molecule has 2 aromatic rings. The van der Waals surface area contributed by atoms with Gasteiger partial charge >= 0.3 is 5.97 Å². The van der Waals surface area contributed by atoms with Crippen LogP contribution in [0.3, 0.4) is 0 Å². The molecule has 0 aliphatic heterocycles. The fourth-order valence-corrected chi connectivity index (χ4v) is 1.61. The van der Waals surface area contributed by atoms with E-state index in [9.17, 15) is 9.90 Å². The van der Waals surface area contributed by atoms with Crippen molar-refractivity contribution in [3.63, 3.8) is 0 Å². The van der Waals surface area contributed by atoms with Crippen molar-refractivity contribution in [1.82, 2.24) is 0 Å². The number of hydrogen-bond acceptors (Lipinski definition) is 4. The van der Waals surface area contributed by atoms with E-state index in [1.807, 2.05) is 6.92 Å². The first-order chi connectivity index (χ1) is 8.56. The summed E-state index contributed by atoms with van der Waals surface area (Å²) < 4.78 is 5.12. The largest absolute Gasteiger partial charge is 0.508 e. The van der Waals surface area contributed by atoms with E-state index in [1.54, 1.807) is 18.2 Å². The van der Waals surface area contributed by atoms with E-state index in [-0.39, 0.29) is 11.3 Å². The molecule has 0 fully saturated rings. The van der Waals surface area contributed by atoms with Crippen LogP contribution in [0.2, 0.25) is 0 Å². The van der Waals surface area contributed by atoms with Crippen molar-refractivity contribution < 1.29 is 19.4 Å². The van der Waals surface area contributed by atoms with Gasteiger partial charge in [0, 0.05) is 5.69 Å². The number of aromatic hydroxyl groups is 1. The van der Waals surface area contributed by atoms with E-state index in [0.29, 0.717) is 12.3 Å². The summed E-state index contributed by atoms with van der Waals surface area (Å²) in [5.41, 5.74) is 1.90. The Balaban J connectivity index is 2.04. The second kappa shape index (κ2) is 4.83. The molecule has 1 aromatic carbocycles. The number of rotatable bonds is 4.